The van der Waals surface area contributed by atoms with Crippen LogP contribution in [-0.2, 0) is 0 Å². The first-order valence-corrected chi connectivity index (χ1v) is 8.63. The van der Waals surface area contributed by atoms with Gasteiger partial charge in [0.05, 0.1) is 6.07 Å². The van der Waals surface area contributed by atoms with Crippen LogP contribution in [0.3, 0.4) is 0 Å². The van der Waals surface area contributed by atoms with E-state index in [0.717, 1.165) is 31.8 Å². The molecule has 0 bridgehead atoms. The zero-order chi connectivity index (χ0) is 15.5. The average molecular weight is 292 g/mol. The molecule has 4 heteroatoms. The van der Waals surface area contributed by atoms with Gasteiger partial charge in [0, 0.05) is 24.7 Å². The van der Waals surface area contributed by atoms with Crippen LogP contribution in [0.4, 0.5) is 0 Å². The fourth-order valence-corrected chi connectivity index (χ4v) is 4.21. The molecule has 0 aromatic carbocycles. The molecule has 0 aromatic rings. The second-order valence-electron chi connectivity index (χ2n) is 7.25. The molecule has 2 fully saturated rings. The maximum absolute atomic E-state index is 9.59. The fourth-order valence-electron chi connectivity index (χ4n) is 4.21. The predicted octanol–water partition coefficient (Wildman–Crippen LogP) is 2.22. The average Bonchev–Trinajstić information content (AvgIpc) is 3.05. The van der Waals surface area contributed by atoms with E-state index in [2.05, 4.69) is 49.0 Å². The van der Waals surface area contributed by atoms with E-state index in [1.54, 1.807) is 0 Å². The Morgan fingerprint density at radius 2 is 2.19 bits per heavy atom. The largest absolute Gasteiger partial charge is 0.302 e. The molecule has 0 aromatic heterocycles. The van der Waals surface area contributed by atoms with Gasteiger partial charge in [0.25, 0.3) is 0 Å². The van der Waals surface area contributed by atoms with Gasteiger partial charge in [-0.3, -0.25) is 10.2 Å². The number of nitriles is 1. The summed E-state index contributed by atoms with van der Waals surface area (Å²) in [6.45, 7) is 10.1. The maximum Gasteiger partial charge on any atom is 0.108 e. The van der Waals surface area contributed by atoms with Crippen molar-refractivity contribution in [3.8, 4) is 6.07 Å². The first kappa shape index (κ1) is 16.7. The number of rotatable bonds is 6. The quantitative estimate of drug-likeness (QED) is 0.815. The Morgan fingerprint density at radius 1 is 1.43 bits per heavy atom. The van der Waals surface area contributed by atoms with Crippen LogP contribution in [0.15, 0.2) is 0 Å². The number of nitrogens with zero attached hydrogens (tertiary/aromatic N) is 3. The van der Waals surface area contributed by atoms with E-state index in [-0.39, 0.29) is 5.54 Å². The van der Waals surface area contributed by atoms with Gasteiger partial charge in [-0.05, 0) is 66.1 Å². The van der Waals surface area contributed by atoms with Crippen molar-refractivity contribution in [1.29, 1.82) is 5.26 Å². The van der Waals surface area contributed by atoms with Crippen molar-refractivity contribution in [3.05, 3.63) is 0 Å². The zero-order valence-corrected chi connectivity index (χ0v) is 14.2. The van der Waals surface area contributed by atoms with E-state index in [4.69, 9.17) is 0 Å². The van der Waals surface area contributed by atoms with Gasteiger partial charge >= 0.3 is 0 Å². The number of likely N-dealkylation sites (tertiary alicyclic amines) is 1. The van der Waals surface area contributed by atoms with E-state index in [0.29, 0.717) is 12.1 Å². The molecule has 0 radical (unpaired) electrons. The monoisotopic (exact) mass is 292 g/mol. The van der Waals surface area contributed by atoms with E-state index in [1.165, 1.54) is 25.9 Å². The third-order valence-corrected chi connectivity index (χ3v) is 5.29. The van der Waals surface area contributed by atoms with Crippen molar-refractivity contribution in [2.45, 2.75) is 76.5 Å². The van der Waals surface area contributed by atoms with Crippen molar-refractivity contribution in [2.24, 2.45) is 0 Å². The SMILES string of the molecule is CCN1CCCC1CN(C)C1CCC(C#N)(NC(C)C)C1. The van der Waals surface area contributed by atoms with Gasteiger partial charge in [-0.25, -0.2) is 0 Å². The van der Waals surface area contributed by atoms with E-state index in [1.807, 2.05) is 0 Å². The van der Waals surface area contributed by atoms with Crippen molar-refractivity contribution in [2.75, 3.05) is 26.7 Å². The summed E-state index contributed by atoms with van der Waals surface area (Å²) in [5.74, 6) is 0. The lowest BCUT2D eigenvalue weighted by molar-refractivity contribution is 0.161. The topological polar surface area (TPSA) is 42.3 Å². The van der Waals surface area contributed by atoms with Crippen LogP contribution >= 0.6 is 0 Å². The molecule has 21 heavy (non-hydrogen) atoms. The summed E-state index contributed by atoms with van der Waals surface area (Å²) in [6, 6.07) is 4.20. The number of likely N-dealkylation sites (N-methyl/N-ethyl adjacent to an activating group) is 2. The molecule has 0 amide bonds. The van der Waals surface area contributed by atoms with Crippen molar-refractivity contribution in [3.63, 3.8) is 0 Å². The fraction of sp³-hybridized carbons (Fsp3) is 0.941. The van der Waals surface area contributed by atoms with Gasteiger partial charge in [0.1, 0.15) is 5.54 Å². The Bertz CT molecular complexity index is 375. The first-order valence-electron chi connectivity index (χ1n) is 8.63. The second-order valence-corrected chi connectivity index (χ2v) is 7.25. The smallest absolute Gasteiger partial charge is 0.108 e. The lowest BCUT2D eigenvalue weighted by atomic mass is 9.98. The highest BCUT2D eigenvalue weighted by Gasteiger charge is 2.41. The van der Waals surface area contributed by atoms with Crippen LogP contribution in [0, 0.1) is 11.3 Å². The van der Waals surface area contributed by atoms with Crippen LogP contribution in [-0.4, -0.2) is 60.1 Å². The summed E-state index contributed by atoms with van der Waals surface area (Å²) < 4.78 is 0. The number of nitrogens with one attached hydrogen (secondary N) is 1. The molecule has 1 saturated heterocycles. The highest BCUT2D eigenvalue weighted by molar-refractivity contribution is 5.14. The summed E-state index contributed by atoms with van der Waals surface area (Å²) in [7, 11) is 2.25. The summed E-state index contributed by atoms with van der Waals surface area (Å²) in [5.41, 5.74) is -0.298. The van der Waals surface area contributed by atoms with Crippen molar-refractivity contribution < 1.29 is 0 Å². The molecule has 4 nitrogen and oxygen atoms in total. The Kier molecular flexibility index (Phi) is 5.65. The third-order valence-electron chi connectivity index (χ3n) is 5.29. The Hall–Kier alpha value is -0.630. The van der Waals surface area contributed by atoms with Gasteiger partial charge in [-0.15, -0.1) is 0 Å². The van der Waals surface area contributed by atoms with Gasteiger partial charge in [0.15, 0.2) is 0 Å². The van der Waals surface area contributed by atoms with Gasteiger partial charge in [-0.1, -0.05) is 6.92 Å². The summed E-state index contributed by atoms with van der Waals surface area (Å²) in [5, 5.41) is 13.1. The maximum atomic E-state index is 9.59. The van der Waals surface area contributed by atoms with Crippen molar-refractivity contribution >= 4 is 0 Å². The molecule has 1 aliphatic heterocycles. The van der Waals surface area contributed by atoms with Crippen LogP contribution in [0.5, 0.6) is 0 Å². The second kappa shape index (κ2) is 7.09. The molecule has 2 rings (SSSR count). The minimum absolute atomic E-state index is 0.298. The standard InChI is InChI=1S/C17H32N4/c1-5-21-10-6-7-16(21)12-20(4)15-8-9-17(11-15,13-18)19-14(2)3/h14-16,19H,5-12H2,1-4H3. The molecule has 1 N–H and O–H groups in total. The molecule has 120 valence electrons. The van der Waals surface area contributed by atoms with Crippen LogP contribution < -0.4 is 5.32 Å². The summed E-state index contributed by atoms with van der Waals surface area (Å²) in [4.78, 5) is 5.12. The molecule has 2 aliphatic rings. The molecule has 0 spiro atoms. The van der Waals surface area contributed by atoms with E-state index >= 15 is 0 Å². The minimum atomic E-state index is -0.298. The molecular weight excluding hydrogens is 260 g/mol. The van der Waals surface area contributed by atoms with Crippen LogP contribution in [0.2, 0.25) is 0 Å². The first-order chi connectivity index (χ1) is 9.99. The Balaban J connectivity index is 1.90. The highest BCUT2D eigenvalue weighted by Crippen LogP contribution is 2.33. The lowest BCUT2D eigenvalue weighted by Gasteiger charge is -2.32. The number of hydrogen-bond acceptors (Lipinski definition) is 4. The molecule has 1 saturated carbocycles. The highest BCUT2D eigenvalue weighted by atomic mass is 15.2. The Morgan fingerprint density at radius 3 is 2.81 bits per heavy atom. The van der Waals surface area contributed by atoms with Crippen LogP contribution in [0.1, 0.15) is 52.9 Å². The zero-order valence-electron chi connectivity index (χ0n) is 14.2. The van der Waals surface area contributed by atoms with Gasteiger partial charge in [-0.2, -0.15) is 5.26 Å². The van der Waals surface area contributed by atoms with Gasteiger partial charge < -0.3 is 4.90 Å². The molecule has 3 unspecified atom stereocenters. The third kappa shape index (κ3) is 3.97. The predicted molar refractivity (Wildman–Crippen MR) is 87.2 cm³/mol. The normalized spacial score (nSPS) is 34.0. The Labute approximate surface area is 130 Å². The molecule has 1 heterocycles. The van der Waals surface area contributed by atoms with Gasteiger partial charge in [0.2, 0.25) is 0 Å². The van der Waals surface area contributed by atoms with Crippen molar-refractivity contribution in [1.82, 2.24) is 15.1 Å². The van der Waals surface area contributed by atoms with E-state index < -0.39 is 0 Å². The summed E-state index contributed by atoms with van der Waals surface area (Å²) >= 11 is 0. The lowest BCUT2D eigenvalue weighted by Crippen LogP contribution is -2.48. The summed E-state index contributed by atoms with van der Waals surface area (Å²) in [6.07, 6.45) is 5.77. The molecule has 3 atom stereocenters. The molecular formula is C17H32N4. The molecule has 1 aliphatic carbocycles. The van der Waals surface area contributed by atoms with E-state index in [9.17, 15) is 5.26 Å². The van der Waals surface area contributed by atoms with Crippen LogP contribution in [0.25, 0.3) is 0 Å². The minimum Gasteiger partial charge on any atom is -0.302 e. The number of hydrogen-bond donors (Lipinski definition) is 1.